The number of carbonyl (C=O) groups excluding carboxylic acids is 4. The van der Waals surface area contributed by atoms with E-state index in [0.29, 0.717) is 25.7 Å². The van der Waals surface area contributed by atoms with Gasteiger partial charge in [0.2, 0.25) is 0 Å². The zero-order chi connectivity index (χ0) is 69.8. The number of rotatable bonds is 76. The molecule has 2 unspecified atom stereocenters. The van der Waals surface area contributed by atoms with Crippen LogP contribution in [-0.2, 0) is 65.4 Å². The molecule has 5 atom stereocenters. The maximum Gasteiger partial charge on any atom is 0.472 e. The molecule has 0 saturated carbocycles. The number of phosphoric ester groups is 2. The quantitative estimate of drug-likeness (QED) is 0.0222. The summed E-state index contributed by atoms with van der Waals surface area (Å²) in [6, 6.07) is 0. The van der Waals surface area contributed by atoms with E-state index in [1.54, 1.807) is 0 Å². The van der Waals surface area contributed by atoms with Crippen molar-refractivity contribution in [1.82, 2.24) is 0 Å². The normalized spacial score (nSPS) is 13.9. The van der Waals surface area contributed by atoms with E-state index in [9.17, 15) is 43.2 Å². The number of hydrogen-bond donors (Lipinski definition) is 3. The van der Waals surface area contributed by atoms with E-state index in [0.717, 1.165) is 102 Å². The van der Waals surface area contributed by atoms with Gasteiger partial charge in [-0.3, -0.25) is 37.3 Å². The van der Waals surface area contributed by atoms with Gasteiger partial charge >= 0.3 is 39.5 Å². The molecule has 0 amide bonds. The van der Waals surface area contributed by atoms with Crippen LogP contribution < -0.4 is 0 Å². The van der Waals surface area contributed by atoms with Crippen molar-refractivity contribution in [3.05, 3.63) is 0 Å². The second kappa shape index (κ2) is 69.2. The third-order valence-corrected chi connectivity index (χ3v) is 19.7. The third-order valence-electron chi connectivity index (χ3n) is 17.8. The highest BCUT2D eigenvalue weighted by molar-refractivity contribution is 7.47. The first-order valence-corrected chi connectivity index (χ1v) is 42.6. The predicted molar refractivity (Wildman–Crippen MR) is 386 cm³/mol. The molecular weight excluding hydrogens is 1250 g/mol. The molecule has 0 bridgehead atoms. The van der Waals surface area contributed by atoms with Crippen molar-refractivity contribution in [2.24, 2.45) is 5.92 Å². The van der Waals surface area contributed by atoms with Crippen molar-refractivity contribution in [3.8, 4) is 0 Å². The fourth-order valence-corrected chi connectivity index (χ4v) is 13.3. The van der Waals surface area contributed by atoms with E-state index in [1.165, 1.54) is 218 Å². The molecule has 0 radical (unpaired) electrons. The summed E-state index contributed by atoms with van der Waals surface area (Å²) in [6.45, 7) is 7.17. The summed E-state index contributed by atoms with van der Waals surface area (Å²) in [5, 5.41) is 10.6. The fourth-order valence-electron chi connectivity index (χ4n) is 11.7. The number of unbranched alkanes of at least 4 members (excludes halogenated alkanes) is 48. The van der Waals surface area contributed by atoms with Crippen molar-refractivity contribution in [2.75, 3.05) is 39.6 Å². The summed E-state index contributed by atoms with van der Waals surface area (Å²) < 4.78 is 68.3. The van der Waals surface area contributed by atoms with Crippen molar-refractivity contribution in [2.45, 2.75) is 419 Å². The summed E-state index contributed by atoms with van der Waals surface area (Å²) in [4.78, 5) is 72.5. The van der Waals surface area contributed by atoms with Crippen LogP contribution in [0.1, 0.15) is 401 Å². The molecule has 0 aromatic rings. The largest absolute Gasteiger partial charge is 0.472 e. The molecule has 3 N–H and O–H groups in total. The second-order valence-corrected chi connectivity index (χ2v) is 30.8. The molecule has 0 aromatic carbocycles. The first-order valence-electron chi connectivity index (χ1n) is 39.6. The van der Waals surface area contributed by atoms with Gasteiger partial charge in [-0.05, 0) is 31.6 Å². The highest BCUT2D eigenvalue weighted by Gasteiger charge is 2.30. The highest BCUT2D eigenvalue weighted by atomic mass is 31.2. The van der Waals surface area contributed by atoms with Gasteiger partial charge in [-0.1, -0.05) is 349 Å². The van der Waals surface area contributed by atoms with Crippen LogP contribution in [0.15, 0.2) is 0 Å². The number of esters is 4. The van der Waals surface area contributed by atoms with E-state index < -0.39 is 97.5 Å². The molecule has 95 heavy (non-hydrogen) atoms. The maximum absolute atomic E-state index is 13.1. The number of aliphatic hydroxyl groups is 1. The molecule has 0 aromatic heterocycles. The standard InChI is InChI=1S/C76H148O17P2/c1-6-9-12-15-17-19-21-23-25-27-29-30-32-34-36-38-42-46-51-56-61-75(80)93-72(66-87-74(79)60-55-50-45-41-37-35-33-31-28-26-24-22-20-18-16-13-10-7-2)68-91-95(84,85)89-64-70(77)63-88-94(82,83)90-67-71(65-86-73(78)59-54-48-14-11-8-3)92-76(81)62-57-52-47-43-39-40-44-49-53-58-69(4)5/h69-72,77H,6-68H2,1-5H3,(H,82,83)(H,84,85)/t70-,71+,72+/m0/s1. The van der Waals surface area contributed by atoms with Crippen LogP contribution >= 0.6 is 15.6 Å². The number of ether oxygens (including phenoxy) is 4. The summed E-state index contributed by atoms with van der Waals surface area (Å²) in [6.07, 6.45) is 58.9. The molecule has 0 aliphatic rings. The van der Waals surface area contributed by atoms with E-state index in [1.807, 2.05) is 0 Å². The predicted octanol–water partition coefficient (Wildman–Crippen LogP) is 22.5. The highest BCUT2D eigenvalue weighted by Crippen LogP contribution is 2.45. The molecule has 0 spiro atoms. The van der Waals surface area contributed by atoms with Crippen LogP contribution in [0, 0.1) is 5.92 Å². The third kappa shape index (κ3) is 70.3. The summed E-state index contributed by atoms with van der Waals surface area (Å²) in [5.41, 5.74) is 0. The van der Waals surface area contributed by atoms with Gasteiger partial charge in [0.1, 0.15) is 19.3 Å². The Bertz CT molecular complexity index is 1820. The Morgan fingerprint density at radius 2 is 0.484 bits per heavy atom. The number of hydrogen-bond acceptors (Lipinski definition) is 15. The van der Waals surface area contributed by atoms with Gasteiger partial charge in [-0.2, -0.15) is 0 Å². The molecule has 564 valence electrons. The smallest absolute Gasteiger partial charge is 0.462 e. The number of aliphatic hydroxyl groups excluding tert-OH is 1. The Hall–Kier alpha value is -1.94. The van der Waals surface area contributed by atoms with E-state index in [4.69, 9.17) is 37.0 Å². The van der Waals surface area contributed by atoms with Gasteiger partial charge in [0.05, 0.1) is 26.4 Å². The monoisotopic (exact) mass is 1400 g/mol. The van der Waals surface area contributed by atoms with Crippen molar-refractivity contribution >= 4 is 39.5 Å². The number of carbonyl (C=O) groups is 4. The van der Waals surface area contributed by atoms with Crippen molar-refractivity contribution in [1.29, 1.82) is 0 Å². The van der Waals surface area contributed by atoms with Crippen LogP contribution in [0.2, 0.25) is 0 Å². The first-order chi connectivity index (χ1) is 46.0. The van der Waals surface area contributed by atoms with Crippen LogP contribution in [0.4, 0.5) is 0 Å². The van der Waals surface area contributed by atoms with Gasteiger partial charge in [-0.25, -0.2) is 9.13 Å². The molecular formula is C76H148O17P2. The minimum Gasteiger partial charge on any atom is -0.462 e. The summed E-state index contributed by atoms with van der Waals surface area (Å²) in [7, 11) is -9.90. The lowest BCUT2D eigenvalue weighted by Gasteiger charge is -2.21. The van der Waals surface area contributed by atoms with Crippen molar-refractivity contribution in [3.63, 3.8) is 0 Å². The Balaban J connectivity index is 5.12. The van der Waals surface area contributed by atoms with Crippen LogP contribution in [0.5, 0.6) is 0 Å². The second-order valence-electron chi connectivity index (χ2n) is 27.9. The minimum absolute atomic E-state index is 0.105. The van der Waals surface area contributed by atoms with Gasteiger partial charge in [-0.15, -0.1) is 0 Å². The van der Waals surface area contributed by atoms with Crippen molar-refractivity contribution < 1.29 is 80.2 Å². The zero-order valence-electron chi connectivity index (χ0n) is 61.8. The maximum atomic E-state index is 13.1. The minimum atomic E-state index is -4.95. The Morgan fingerprint density at radius 1 is 0.284 bits per heavy atom. The summed E-state index contributed by atoms with van der Waals surface area (Å²) in [5.74, 6) is -1.39. The lowest BCUT2D eigenvalue weighted by atomic mass is 10.0. The fraction of sp³-hybridized carbons (Fsp3) is 0.947. The molecule has 0 fully saturated rings. The van der Waals surface area contributed by atoms with Gasteiger partial charge in [0.15, 0.2) is 12.2 Å². The molecule has 0 saturated heterocycles. The molecule has 19 heteroatoms. The Morgan fingerprint density at radius 3 is 0.716 bits per heavy atom. The van der Waals surface area contributed by atoms with Gasteiger partial charge < -0.3 is 33.8 Å². The average Bonchev–Trinajstić information content (AvgIpc) is 3.64. The lowest BCUT2D eigenvalue weighted by molar-refractivity contribution is -0.161. The first kappa shape index (κ1) is 93.1. The van der Waals surface area contributed by atoms with E-state index >= 15 is 0 Å². The van der Waals surface area contributed by atoms with Crippen LogP contribution in [-0.4, -0.2) is 96.7 Å². The van der Waals surface area contributed by atoms with Crippen LogP contribution in [0.25, 0.3) is 0 Å². The molecule has 0 aliphatic carbocycles. The summed E-state index contributed by atoms with van der Waals surface area (Å²) >= 11 is 0. The van der Waals surface area contributed by atoms with E-state index in [-0.39, 0.29) is 25.7 Å². The molecule has 17 nitrogen and oxygen atoms in total. The lowest BCUT2D eigenvalue weighted by Crippen LogP contribution is -2.30. The zero-order valence-corrected chi connectivity index (χ0v) is 63.6. The average molecular weight is 1400 g/mol. The Labute approximate surface area is 581 Å². The van der Waals surface area contributed by atoms with Gasteiger partial charge in [0.25, 0.3) is 0 Å². The number of phosphoric acid groups is 2. The topological polar surface area (TPSA) is 237 Å². The van der Waals surface area contributed by atoms with Gasteiger partial charge in [0, 0.05) is 25.7 Å². The molecule has 0 aliphatic heterocycles. The SMILES string of the molecule is CCCCCCCCCCCCCCCCCCCCCCC(=O)O[C@H](COC(=O)CCCCCCCCCCCCCCCCCCCC)COP(=O)(O)OC[C@@H](O)COP(=O)(O)OC[C@@H](COC(=O)CCCCCCC)OC(=O)CCCCCCCCCCCC(C)C. The van der Waals surface area contributed by atoms with E-state index in [2.05, 4.69) is 34.6 Å². The molecule has 0 heterocycles. The van der Waals surface area contributed by atoms with Crippen LogP contribution in [0.3, 0.4) is 0 Å². The molecule has 0 rings (SSSR count). The Kier molecular flexibility index (Phi) is 67.7.